The quantitative estimate of drug-likeness (QED) is 0.287. The van der Waals surface area contributed by atoms with Crippen molar-refractivity contribution in [2.75, 3.05) is 26.7 Å². The lowest BCUT2D eigenvalue weighted by Crippen LogP contribution is -2.39. The smallest absolute Gasteiger partial charge is 0.190 e. The summed E-state index contributed by atoms with van der Waals surface area (Å²) in [5.41, 5.74) is 1.21. The molecule has 0 aliphatic heterocycles. The number of aromatic nitrogens is 1. The molecule has 0 radical (unpaired) electrons. The van der Waals surface area contributed by atoms with E-state index < -0.39 is 0 Å². The van der Waals surface area contributed by atoms with Gasteiger partial charge in [-0.25, -0.2) is 0 Å². The average molecular weight is 440 g/mol. The van der Waals surface area contributed by atoms with Gasteiger partial charge in [-0.2, -0.15) is 0 Å². The minimum Gasteiger partial charge on any atom is -0.494 e. The Balaban J connectivity index is 0.00000288. The number of hydrogen-bond donors (Lipinski definition) is 2. The van der Waals surface area contributed by atoms with Crippen molar-refractivity contribution in [2.24, 2.45) is 4.99 Å². The third-order valence-corrected chi connectivity index (χ3v) is 3.28. The van der Waals surface area contributed by atoms with Gasteiger partial charge in [0.15, 0.2) is 5.96 Å². The topological polar surface area (TPSA) is 58.5 Å². The van der Waals surface area contributed by atoms with Gasteiger partial charge in [-0.05, 0) is 36.6 Å². The number of para-hydroxylation sites is 1. The van der Waals surface area contributed by atoms with Crippen LogP contribution in [0.15, 0.2) is 59.9 Å². The van der Waals surface area contributed by atoms with Crippen LogP contribution in [-0.4, -0.2) is 37.7 Å². The Morgan fingerprint density at radius 3 is 2.58 bits per heavy atom. The van der Waals surface area contributed by atoms with Gasteiger partial charge in [0.2, 0.25) is 0 Å². The second-order valence-corrected chi connectivity index (χ2v) is 5.05. The van der Waals surface area contributed by atoms with Crippen LogP contribution < -0.4 is 15.4 Å². The molecular formula is C18H25IN4O. The number of guanidine groups is 1. The number of pyridine rings is 1. The van der Waals surface area contributed by atoms with Gasteiger partial charge in [-0.15, -0.1) is 24.0 Å². The molecule has 0 spiro atoms. The number of ether oxygens (including phenoxy) is 1. The van der Waals surface area contributed by atoms with Crippen molar-refractivity contribution < 1.29 is 4.74 Å². The highest BCUT2D eigenvalue weighted by Crippen LogP contribution is 2.07. The maximum atomic E-state index is 5.65. The molecule has 6 heteroatoms. The number of nitrogens with zero attached hydrogens (tertiary/aromatic N) is 2. The minimum absolute atomic E-state index is 0. The Morgan fingerprint density at radius 2 is 1.88 bits per heavy atom. The highest BCUT2D eigenvalue weighted by molar-refractivity contribution is 14.0. The van der Waals surface area contributed by atoms with E-state index in [2.05, 4.69) is 26.7 Å². The van der Waals surface area contributed by atoms with Crippen LogP contribution in [0.5, 0.6) is 5.75 Å². The third kappa shape index (κ3) is 8.14. The molecule has 0 bridgehead atoms. The largest absolute Gasteiger partial charge is 0.494 e. The lowest BCUT2D eigenvalue weighted by molar-refractivity contribution is 0.311. The molecule has 1 aromatic carbocycles. The number of benzene rings is 1. The summed E-state index contributed by atoms with van der Waals surface area (Å²) in [6.07, 6.45) is 5.51. The monoisotopic (exact) mass is 440 g/mol. The van der Waals surface area contributed by atoms with Crippen molar-refractivity contribution >= 4 is 29.9 Å². The minimum atomic E-state index is 0. The molecule has 0 amide bonds. The summed E-state index contributed by atoms with van der Waals surface area (Å²) < 4.78 is 5.65. The fourth-order valence-electron chi connectivity index (χ4n) is 2.08. The molecule has 0 aliphatic rings. The van der Waals surface area contributed by atoms with Crippen molar-refractivity contribution in [1.29, 1.82) is 0 Å². The Morgan fingerprint density at radius 1 is 1.08 bits per heavy atom. The molecule has 1 aromatic heterocycles. The van der Waals surface area contributed by atoms with Crippen LogP contribution in [0, 0.1) is 0 Å². The van der Waals surface area contributed by atoms with E-state index in [-0.39, 0.29) is 24.0 Å². The molecule has 0 saturated heterocycles. The van der Waals surface area contributed by atoms with Gasteiger partial charge in [0.1, 0.15) is 5.75 Å². The van der Waals surface area contributed by atoms with E-state index in [1.807, 2.05) is 42.6 Å². The van der Waals surface area contributed by atoms with Crippen LogP contribution >= 0.6 is 24.0 Å². The first-order valence-corrected chi connectivity index (χ1v) is 7.90. The number of nitrogens with one attached hydrogen (secondary N) is 2. The van der Waals surface area contributed by atoms with Crippen molar-refractivity contribution in [3.05, 3.63) is 60.4 Å². The van der Waals surface area contributed by atoms with Crippen molar-refractivity contribution in [1.82, 2.24) is 15.6 Å². The summed E-state index contributed by atoms with van der Waals surface area (Å²) in [7, 11) is 1.78. The normalized spacial score (nSPS) is 10.6. The Hall–Kier alpha value is -1.83. The van der Waals surface area contributed by atoms with Gasteiger partial charge < -0.3 is 15.4 Å². The Labute approximate surface area is 161 Å². The molecule has 0 fully saturated rings. The standard InChI is InChI=1S/C18H24N4O.HI/c1-19-18(22-13-10-16-7-5-11-20-15-16)21-12-6-14-23-17-8-3-2-4-9-17;/h2-5,7-9,11,15H,6,10,12-14H2,1H3,(H2,19,21,22);1H. The van der Waals surface area contributed by atoms with E-state index in [1.54, 1.807) is 13.2 Å². The van der Waals surface area contributed by atoms with Gasteiger partial charge in [0, 0.05) is 32.5 Å². The van der Waals surface area contributed by atoms with Crippen LogP contribution in [0.25, 0.3) is 0 Å². The van der Waals surface area contributed by atoms with Crippen LogP contribution in [0.1, 0.15) is 12.0 Å². The van der Waals surface area contributed by atoms with E-state index in [9.17, 15) is 0 Å². The molecule has 1 heterocycles. The van der Waals surface area contributed by atoms with Gasteiger partial charge in [-0.3, -0.25) is 9.98 Å². The number of rotatable bonds is 8. The van der Waals surface area contributed by atoms with Crippen LogP contribution in [0.4, 0.5) is 0 Å². The fourth-order valence-corrected chi connectivity index (χ4v) is 2.08. The van der Waals surface area contributed by atoms with Crippen LogP contribution in [0.3, 0.4) is 0 Å². The predicted molar refractivity (Wildman–Crippen MR) is 109 cm³/mol. The summed E-state index contributed by atoms with van der Waals surface area (Å²) in [5.74, 6) is 1.72. The second-order valence-electron chi connectivity index (χ2n) is 5.05. The zero-order valence-corrected chi connectivity index (χ0v) is 16.3. The first-order chi connectivity index (χ1) is 11.4. The number of aliphatic imine (C=N–C) groups is 1. The highest BCUT2D eigenvalue weighted by Gasteiger charge is 1.98. The maximum absolute atomic E-state index is 5.65. The summed E-state index contributed by atoms with van der Waals surface area (Å²) in [6.45, 7) is 2.33. The molecule has 5 nitrogen and oxygen atoms in total. The summed E-state index contributed by atoms with van der Waals surface area (Å²) in [4.78, 5) is 8.32. The fraction of sp³-hybridized carbons (Fsp3) is 0.333. The van der Waals surface area contributed by atoms with E-state index in [1.165, 1.54) is 5.56 Å². The van der Waals surface area contributed by atoms with Crippen LogP contribution in [0.2, 0.25) is 0 Å². The molecule has 2 rings (SSSR count). The zero-order chi connectivity index (χ0) is 16.2. The van der Waals surface area contributed by atoms with Gasteiger partial charge in [0.05, 0.1) is 6.61 Å². The highest BCUT2D eigenvalue weighted by atomic mass is 127. The Kier molecular flexibility index (Phi) is 10.6. The first kappa shape index (κ1) is 20.2. The van der Waals surface area contributed by atoms with E-state index in [4.69, 9.17) is 4.74 Å². The van der Waals surface area contributed by atoms with Gasteiger partial charge in [-0.1, -0.05) is 24.3 Å². The average Bonchev–Trinajstić information content (AvgIpc) is 2.61. The van der Waals surface area contributed by atoms with E-state index >= 15 is 0 Å². The molecule has 0 unspecified atom stereocenters. The van der Waals surface area contributed by atoms with E-state index in [0.717, 1.165) is 37.6 Å². The summed E-state index contributed by atoms with van der Waals surface area (Å²) in [5, 5.41) is 6.58. The molecule has 0 atom stereocenters. The van der Waals surface area contributed by atoms with Crippen LogP contribution in [-0.2, 0) is 6.42 Å². The second kappa shape index (κ2) is 12.6. The lowest BCUT2D eigenvalue weighted by Gasteiger charge is -2.12. The predicted octanol–water partition coefficient (Wildman–Crippen LogP) is 2.88. The number of halogens is 1. The van der Waals surface area contributed by atoms with Crippen molar-refractivity contribution in [2.45, 2.75) is 12.8 Å². The molecule has 0 aliphatic carbocycles. The molecule has 2 N–H and O–H groups in total. The summed E-state index contributed by atoms with van der Waals surface area (Å²) in [6, 6.07) is 13.9. The molecular weight excluding hydrogens is 415 g/mol. The molecule has 2 aromatic rings. The van der Waals surface area contributed by atoms with Gasteiger partial charge in [0.25, 0.3) is 0 Å². The van der Waals surface area contributed by atoms with Crippen molar-refractivity contribution in [3.8, 4) is 5.75 Å². The van der Waals surface area contributed by atoms with Gasteiger partial charge >= 0.3 is 0 Å². The van der Waals surface area contributed by atoms with Crippen molar-refractivity contribution in [3.63, 3.8) is 0 Å². The zero-order valence-electron chi connectivity index (χ0n) is 13.9. The SMILES string of the molecule is CN=C(NCCCOc1ccccc1)NCCc1cccnc1.I. The molecule has 24 heavy (non-hydrogen) atoms. The third-order valence-electron chi connectivity index (χ3n) is 3.28. The first-order valence-electron chi connectivity index (χ1n) is 7.90. The number of hydrogen-bond acceptors (Lipinski definition) is 3. The Bertz CT molecular complexity index is 578. The molecule has 130 valence electrons. The van der Waals surface area contributed by atoms with E-state index in [0.29, 0.717) is 6.61 Å². The lowest BCUT2D eigenvalue weighted by atomic mass is 10.2. The maximum Gasteiger partial charge on any atom is 0.190 e. The molecule has 0 saturated carbocycles. The summed E-state index contributed by atoms with van der Waals surface area (Å²) >= 11 is 0.